The van der Waals surface area contributed by atoms with E-state index in [4.69, 9.17) is 9.47 Å². The van der Waals surface area contributed by atoms with Crippen molar-refractivity contribution >= 4 is 33.2 Å². The van der Waals surface area contributed by atoms with Gasteiger partial charge in [0.1, 0.15) is 11.5 Å². The van der Waals surface area contributed by atoms with E-state index in [0.717, 1.165) is 4.31 Å². The zero-order valence-electron chi connectivity index (χ0n) is 16.6. The second-order valence-electron chi connectivity index (χ2n) is 6.08. The Morgan fingerprint density at radius 2 is 1.76 bits per heavy atom. The number of nitrogens with zero attached hydrogens (tertiary/aromatic N) is 1. The van der Waals surface area contributed by atoms with Crippen LogP contribution in [0.5, 0.6) is 11.5 Å². The van der Waals surface area contributed by atoms with Gasteiger partial charge in [-0.2, -0.15) is 4.31 Å². The number of rotatable bonds is 8. The van der Waals surface area contributed by atoms with Gasteiger partial charge in [0.25, 0.3) is 0 Å². The molecule has 156 valence electrons. The number of benzene rings is 2. The zero-order valence-corrected chi connectivity index (χ0v) is 17.4. The van der Waals surface area contributed by atoms with Crippen molar-refractivity contribution in [3.8, 4) is 11.5 Å². The Kier molecular flexibility index (Phi) is 7.18. The van der Waals surface area contributed by atoms with Crippen LogP contribution in [0.2, 0.25) is 0 Å². The molecule has 0 saturated carbocycles. The Morgan fingerprint density at radius 3 is 2.38 bits per heavy atom. The number of likely N-dealkylation sites (N-methyl/N-ethyl adjacent to an activating group) is 1. The first kappa shape index (κ1) is 22.2. The Bertz CT molecular complexity index is 1010. The first-order valence-corrected chi connectivity index (χ1v) is 9.97. The van der Waals surface area contributed by atoms with Gasteiger partial charge in [-0.05, 0) is 24.3 Å². The summed E-state index contributed by atoms with van der Waals surface area (Å²) < 4.78 is 36.8. The zero-order chi connectivity index (χ0) is 21.6. The molecule has 0 spiro atoms. The molecule has 2 rings (SSSR count). The normalized spacial score (nSPS) is 11.1. The highest BCUT2D eigenvalue weighted by Crippen LogP contribution is 2.28. The Hall–Kier alpha value is -3.11. The number of sulfonamides is 1. The summed E-state index contributed by atoms with van der Waals surface area (Å²) in [6, 6.07) is 10.8. The third-order valence-corrected chi connectivity index (χ3v) is 5.71. The highest BCUT2D eigenvalue weighted by atomic mass is 32.2. The standard InChI is InChI=1S/C19H23N3O6S/c1-13(23)20-17-9-8-16(11-18(17)28-4)29(25,26)22(2)12-19(24)21-14-6-5-7-15(10-14)27-3/h5-11H,12H2,1-4H3,(H,20,23)(H,21,24). The van der Waals surface area contributed by atoms with Gasteiger partial charge in [0.15, 0.2) is 0 Å². The fraction of sp³-hybridized carbons (Fsp3) is 0.263. The van der Waals surface area contributed by atoms with Crippen LogP contribution in [0.3, 0.4) is 0 Å². The lowest BCUT2D eigenvalue weighted by molar-refractivity contribution is -0.116. The maximum atomic E-state index is 12.8. The van der Waals surface area contributed by atoms with E-state index in [2.05, 4.69) is 10.6 Å². The summed E-state index contributed by atoms with van der Waals surface area (Å²) in [4.78, 5) is 23.4. The average molecular weight is 421 g/mol. The molecule has 10 heteroatoms. The first-order chi connectivity index (χ1) is 13.7. The van der Waals surface area contributed by atoms with E-state index < -0.39 is 22.5 Å². The molecule has 2 amide bonds. The van der Waals surface area contributed by atoms with E-state index in [1.165, 1.54) is 46.4 Å². The fourth-order valence-electron chi connectivity index (χ4n) is 2.49. The summed E-state index contributed by atoms with van der Waals surface area (Å²) in [7, 11) is 0.209. The summed E-state index contributed by atoms with van der Waals surface area (Å²) in [5.74, 6) is -0.0676. The topological polar surface area (TPSA) is 114 Å². The van der Waals surface area contributed by atoms with E-state index in [-0.39, 0.29) is 16.6 Å². The van der Waals surface area contributed by atoms with Crippen LogP contribution in [0.4, 0.5) is 11.4 Å². The highest BCUT2D eigenvalue weighted by molar-refractivity contribution is 7.89. The van der Waals surface area contributed by atoms with E-state index in [1.807, 2.05) is 0 Å². The number of carbonyl (C=O) groups is 2. The minimum atomic E-state index is -3.96. The Balaban J connectivity index is 2.15. The quantitative estimate of drug-likeness (QED) is 0.673. The van der Waals surface area contributed by atoms with Crippen molar-refractivity contribution in [3.05, 3.63) is 42.5 Å². The number of carbonyl (C=O) groups excluding carboxylic acids is 2. The van der Waals surface area contributed by atoms with Crippen LogP contribution in [0.25, 0.3) is 0 Å². The molecule has 0 aromatic heterocycles. The van der Waals surface area contributed by atoms with Crippen LogP contribution in [-0.2, 0) is 19.6 Å². The number of ether oxygens (including phenoxy) is 2. The molecule has 0 aliphatic heterocycles. The summed E-state index contributed by atoms with van der Waals surface area (Å²) in [6.45, 7) is 0.939. The minimum absolute atomic E-state index is 0.0693. The SMILES string of the molecule is COc1cccc(NC(=O)CN(C)S(=O)(=O)c2ccc(NC(C)=O)c(OC)c2)c1. The van der Waals surface area contributed by atoms with Crippen molar-refractivity contribution in [3.63, 3.8) is 0 Å². The molecule has 0 bridgehead atoms. The molecular formula is C19H23N3O6S. The van der Waals surface area contributed by atoms with E-state index in [9.17, 15) is 18.0 Å². The summed E-state index contributed by atoms with van der Waals surface area (Å²) in [6.07, 6.45) is 0. The van der Waals surface area contributed by atoms with Gasteiger partial charge in [-0.1, -0.05) is 6.07 Å². The van der Waals surface area contributed by atoms with Gasteiger partial charge in [0.2, 0.25) is 21.8 Å². The van der Waals surface area contributed by atoms with Crippen LogP contribution in [0.1, 0.15) is 6.92 Å². The highest BCUT2D eigenvalue weighted by Gasteiger charge is 2.24. The predicted molar refractivity (Wildman–Crippen MR) is 109 cm³/mol. The number of hydrogen-bond donors (Lipinski definition) is 2. The molecule has 2 aromatic carbocycles. The molecule has 0 radical (unpaired) electrons. The third-order valence-electron chi connectivity index (χ3n) is 3.91. The minimum Gasteiger partial charge on any atom is -0.497 e. The predicted octanol–water partition coefficient (Wildman–Crippen LogP) is 1.92. The third kappa shape index (κ3) is 5.69. The average Bonchev–Trinajstić information content (AvgIpc) is 2.67. The molecule has 0 fully saturated rings. The van der Waals surface area contributed by atoms with Gasteiger partial charge in [0.05, 0.1) is 31.3 Å². The molecule has 0 saturated heterocycles. The second kappa shape index (κ2) is 9.39. The maximum Gasteiger partial charge on any atom is 0.243 e. The molecule has 0 unspecified atom stereocenters. The summed E-state index contributed by atoms with van der Waals surface area (Å²) in [5, 5.41) is 5.18. The molecule has 9 nitrogen and oxygen atoms in total. The van der Waals surface area contributed by atoms with E-state index >= 15 is 0 Å². The van der Waals surface area contributed by atoms with Crippen LogP contribution in [0, 0.1) is 0 Å². The van der Waals surface area contributed by atoms with Crippen molar-refractivity contribution in [2.75, 3.05) is 38.4 Å². The number of amides is 2. The monoisotopic (exact) mass is 421 g/mol. The van der Waals surface area contributed by atoms with E-state index in [0.29, 0.717) is 17.1 Å². The van der Waals surface area contributed by atoms with Crippen LogP contribution >= 0.6 is 0 Å². The molecule has 0 heterocycles. The molecular weight excluding hydrogens is 398 g/mol. The van der Waals surface area contributed by atoms with Gasteiger partial charge in [-0.3, -0.25) is 9.59 Å². The molecule has 29 heavy (non-hydrogen) atoms. The van der Waals surface area contributed by atoms with E-state index in [1.54, 1.807) is 24.3 Å². The van der Waals surface area contributed by atoms with Gasteiger partial charge in [-0.15, -0.1) is 0 Å². The van der Waals surface area contributed by atoms with Gasteiger partial charge >= 0.3 is 0 Å². The number of nitrogens with one attached hydrogen (secondary N) is 2. The molecule has 0 atom stereocenters. The first-order valence-electron chi connectivity index (χ1n) is 8.53. The summed E-state index contributed by atoms with van der Waals surface area (Å²) in [5.41, 5.74) is 0.832. The molecule has 0 aliphatic carbocycles. The van der Waals surface area contributed by atoms with Crippen molar-refractivity contribution in [1.82, 2.24) is 4.31 Å². The summed E-state index contributed by atoms with van der Waals surface area (Å²) >= 11 is 0. The van der Waals surface area contributed by atoms with Crippen molar-refractivity contribution in [2.24, 2.45) is 0 Å². The number of methoxy groups -OCH3 is 2. The van der Waals surface area contributed by atoms with Crippen molar-refractivity contribution < 1.29 is 27.5 Å². The van der Waals surface area contributed by atoms with Crippen molar-refractivity contribution in [2.45, 2.75) is 11.8 Å². The Morgan fingerprint density at radius 1 is 1.03 bits per heavy atom. The lowest BCUT2D eigenvalue weighted by Gasteiger charge is -2.18. The smallest absolute Gasteiger partial charge is 0.243 e. The lowest BCUT2D eigenvalue weighted by atomic mass is 10.3. The lowest BCUT2D eigenvalue weighted by Crippen LogP contribution is -2.35. The Labute approximate surface area is 169 Å². The molecule has 2 N–H and O–H groups in total. The van der Waals surface area contributed by atoms with Gasteiger partial charge in [0, 0.05) is 31.8 Å². The number of hydrogen-bond acceptors (Lipinski definition) is 6. The largest absolute Gasteiger partial charge is 0.497 e. The fourth-order valence-corrected chi connectivity index (χ4v) is 3.64. The second-order valence-corrected chi connectivity index (χ2v) is 8.13. The van der Waals surface area contributed by atoms with Gasteiger partial charge < -0.3 is 20.1 Å². The van der Waals surface area contributed by atoms with Crippen LogP contribution in [0.15, 0.2) is 47.4 Å². The molecule has 0 aliphatic rings. The number of anilines is 2. The molecule has 2 aromatic rings. The van der Waals surface area contributed by atoms with Crippen molar-refractivity contribution in [1.29, 1.82) is 0 Å². The van der Waals surface area contributed by atoms with Crippen LogP contribution in [-0.4, -0.2) is 52.3 Å². The van der Waals surface area contributed by atoms with Gasteiger partial charge in [-0.25, -0.2) is 8.42 Å². The maximum absolute atomic E-state index is 12.8. The van der Waals surface area contributed by atoms with Crippen LogP contribution < -0.4 is 20.1 Å².